The maximum absolute atomic E-state index is 10.8. The van der Waals surface area contributed by atoms with E-state index in [-0.39, 0.29) is 34.5 Å². The Morgan fingerprint density at radius 1 is 1.00 bits per heavy atom. The molecule has 0 heterocycles. The molecule has 6 nitrogen and oxygen atoms in total. The Morgan fingerprint density at radius 2 is 1.52 bits per heavy atom. The number of hydrogen-bond donors (Lipinski definition) is 1. The molecule has 0 bridgehead atoms. The van der Waals surface area contributed by atoms with Crippen molar-refractivity contribution in [1.29, 1.82) is 0 Å². The van der Waals surface area contributed by atoms with Crippen LogP contribution in [-0.2, 0) is 10.1 Å². The summed E-state index contributed by atoms with van der Waals surface area (Å²) in [7, 11) is -4.44. The van der Waals surface area contributed by atoms with E-state index in [1.165, 1.54) is 24.3 Å². The second-order valence-electron chi connectivity index (χ2n) is 3.85. The zero-order chi connectivity index (χ0) is 14.8. The molecule has 0 unspecified atom stereocenters. The molecule has 2 N–H and O–H groups in total. The van der Waals surface area contributed by atoms with Gasteiger partial charge in [0.15, 0.2) is 0 Å². The molecule has 0 fully saturated rings. The number of halogens is 1. The second-order valence-corrected chi connectivity index (χ2v) is 6.09. The molecule has 0 aliphatic carbocycles. The van der Waals surface area contributed by atoms with Crippen molar-refractivity contribution in [3.8, 4) is 0 Å². The van der Waals surface area contributed by atoms with Crippen LogP contribution in [0.2, 0.25) is 0 Å². The first-order valence-corrected chi connectivity index (χ1v) is 7.59. The average molecular weight is 378 g/mol. The molecule has 104 valence electrons. The molecule has 9 heteroatoms. The molecule has 0 saturated heterocycles. The molecule has 2 aromatic carbocycles. The van der Waals surface area contributed by atoms with E-state index in [0.717, 1.165) is 0 Å². The Morgan fingerprint density at radius 3 is 2.05 bits per heavy atom. The van der Waals surface area contributed by atoms with E-state index in [9.17, 15) is 13.0 Å². The number of rotatable bonds is 3. The molecule has 0 amide bonds. The van der Waals surface area contributed by atoms with Crippen LogP contribution in [0, 0.1) is 0 Å². The minimum Gasteiger partial charge on any atom is -0.744 e. The second kappa shape index (κ2) is 7.48. The minimum absolute atomic E-state index is 0. The summed E-state index contributed by atoms with van der Waals surface area (Å²) < 4.78 is 33.0. The number of hydrogen-bond acceptors (Lipinski definition) is 6. The van der Waals surface area contributed by atoms with Gasteiger partial charge in [0.25, 0.3) is 0 Å². The van der Waals surface area contributed by atoms with Crippen molar-refractivity contribution in [3.05, 3.63) is 46.9 Å². The fourth-order valence-corrected chi connectivity index (χ4v) is 2.21. The number of anilines is 1. The third kappa shape index (κ3) is 5.17. The molecule has 0 radical (unpaired) electrons. The maximum atomic E-state index is 10.8. The van der Waals surface area contributed by atoms with Crippen molar-refractivity contribution in [3.63, 3.8) is 0 Å². The van der Waals surface area contributed by atoms with Gasteiger partial charge < -0.3 is 10.3 Å². The predicted octanol–water partition coefficient (Wildman–Crippen LogP) is 0.355. The summed E-state index contributed by atoms with van der Waals surface area (Å²) >= 11 is 3.28. The summed E-state index contributed by atoms with van der Waals surface area (Å²) in [5.74, 6) is 0. The Bertz CT molecular complexity index is 764. The number of benzene rings is 2. The van der Waals surface area contributed by atoms with E-state index in [0.29, 0.717) is 21.5 Å². The molecule has 0 saturated carbocycles. The standard InChI is InChI=1S/C12H10BrN3O3S.Na/c13-11-7-9(3-6-12(11)14)16-15-8-1-4-10(5-2-8)20(17,18)19;/h1-7H,14H2,(H,17,18,19);/q;+1/p-1/b16-15+;. The van der Waals surface area contributed by atoms with Gasteiger partial charge in [-0.05, 0) is 58.4 Å². The monoisotopic (exact) mass is 377 g/mol. The Hall–Kier alpha value is -0.770. The molecule has 0 atom stereocenters. The maximum Gasteiger partial charge on any atom is 1.00 e. The molecule has 0 aromatic heterocycles. The van der Waals surface area contributed by atoms with E-state index >= 15 is 0 Å². The van der Waals surface area contributed by atoms with Crippen LogP contribution >= 0.6 is 15.9 Å². The van der Waals surface area contributed by atoms with Crippen LogP contribution in [0.15, 0.2) is 62.1 Å². The van der Waals surface area contributed by atoms with Gasteiger partial charge in [-0.3, -0.25) is 0 Å². The first kappa shape index (κ1) is 18.3. The molecular formula is C12H9BrN3NaO3S. The molecular weight excluding hydrogens is 369 g/mol. The van der Waals surface area contributed by atoms with E-state index in [2.05, 4.69) is 26.2 Å². The van der Waals surface area contributed by atoms with Crippen molar-refractivity contribution >= 4 is 43.1 Å². The van der Waals surface area contributed by atoms with Crippen LogP contribution in [0.1, 0.15) is 0 Å². The number of azo groups is 1. The van der Waals surface area contributed by atoms with Crippen LogP contribution < -0.4 is 35.3 Å². The van der Waals surface area contributed by atoms with Gasteiger partial charge >= 0.3 is 29.6 Å². The van der Waals surface area contributed by atoms with Gasteiger partial charge in [-0.25, -0.2) is 8.42 Å². The quantitative estimate of drug-likeness (QED) is 0.360. The number of nitrogens with two attached hydrogens (primary N) is 1. The van der Waals surface area contributed by atoms with Crippen molar-refractivity contribution in [2.45, 2.75) is 4.90 Å². The molecule has 2 rings (SSSR count). The molecule has 0 spiro atoms. The smallest absolute Gasteiger partial charge is 0.744 e. The molecule has 21 heavy (non-hydrogen) atoms. The van der Waals surface area contributed by atoms with Crippen LogP contribution in [0.3, 0.4) is 0 Å². The van der Waals surface area contributed by atoms with E-state index < -0.39 is 10.1 Å². The van der Waals surface area contributed by atoms with Gasteiger partial charge in [0.2, 0.25) is 0 Å². The normalized spacial score (nSPS) is 11.3. The minimum atomic E-state index is -4.44. The van der Waals surface area contributed by atoms with E-state index in [1.54, 1.807) is 18.2 Å². The Labute approximate surface area is 152 Å². The average Bonchev–Trinajstić information content (AvgIpc) is 2.40. The van der Waals surface area contributed by atoms with Crippen LogP contribution in [0.4, 0.5) is 17.1 Å². The fourth-order valence-electron chi connectivity index (χ4n) is 1.37. The van der Waals surface area contributed by atoms with Crippen LogP contribution in [0.25, 0.3) is 0 Å². The topological polar surface area (TPSA) is 108 Å². The third-order valence-electron chi connectivity index (χ3n) is 2.39. The summed E-state index contributed by atoms with van der Waals surface area (Å²) in [5.41, 5.74) is 7.26. The SMILES string of the molecule is Nc1ccc(/N=N/c2ccc(S(=O)(=O)[O-])cc2)cc1Br.[Na+]. The summed E-state index contributed by atoms with van der Waals surface area (Å²) in [5, 5.41) is 7.92. The largest absolute Gasteiger partial charge is 1.00 e. The summed E-state index contributed by atoms with van der Waals surface area (Å²) in [6, 6.07) is 10.3. The molecule has 2 aromatic rings. The first-order valence-electron chi connectivity index (χ1n) is 5.39. The van der Waals surface area contributed by atoms with Gasteiger partial charge in [0, 0.05) is 10.2 Å². The fraction of sp³-hybridized carbons (Fsp3) is 0. The number of nitrogen functional groups attached to an aromatic ring is 1. The zero-order valence-corrected chi connectivity index (χ0v) is 15.4. The van der Waals surface area contributed by atoms with Crippen LogP contribution in [0.5, 0.6) is 0 Å². The van der Waals surface area contributed by atoms with Gasteiger partial charge in [-0.1, -0.05) is 0 Å². The van der Waals surface area contributed by atoms with Crippen molar-refractivity contribution in [2.75, 3.05) is 5.73 Å². The van der Waals surface area contributed by atoms with Crippen molar-refractivity contribution in [2.24, 2.45) is 10.2 Å². The molecule has 0 aliphatic heterocycles. The Balaban J connectivity index is 0.00000220. The third-order valence-corrected chi connectivity index (χ3v) is 3.93. The van der Waals surface area contributed by atoms with Crippen molar-refractivity contribution in [1.82, 2.24) is 0 Å². The van der Waals surface area contributed by atoms with Gasteiger partial charge in [0.05, 0.1) is 16.3 Å². The van der Waals surface area contributed by atoms with Crippen LogP contribution in [-0.4, -0.2) is 13.0 Å². The Kier molecular flexibility index (Phi) is 6.51. The van der Waals surface area contributed by atoms with Gasteiger partial charge in [0.1, 0.15) is 10.1 Å². The summed E-state index contributed by atoms with van der Waals surface area (Å²) in [6.07, 6.45) is 0. The molecule has 0 aliphatic rings. The predicted molar refractivity (Wildman–Crippen MR) is 77.1 cm³/mol. The van der Waals surface area contributed by atoms with Crippen molar-refractivity contribution < 1.29 is 42.5 Å². The van der Waals surface area contributed by atoms with E-state index in [4.69, 9.17) is 5.73 Å². The van der Waals surface area contributed by atoms with E-state index in [1.807, 2.05) is 0 Å². The van der Waals surface area contributed by atoms with Gasteiger partial charge in [-0.15, -0.1) is 0 Å². The first-order chi connectivity index (χ1) is 9.36. The zero-order valence-electron chi connectivity index (χ0n) is 11.0. The van der Waals surface area contributed by atoms with Gasteiger partial charge in [-0.2, -0.15) is 10.2 Å². The summed E-state index contributed by atoms with van der Waals surface area (Å²) in [6.45, 7) is 0. The summed E-state index contributed by atoms with van der Waals surface area (Å²) in [4.78, 5) is -0.299. The number of nitrogens with zero attached hydrogens (tertiary/aromatic N) is 2.